The molecule has 0 aromatic carbocycles. The highest BCUT2D eigenvalue weighted by Crippen LogP contribution is 2.56. The summed E-state index contributed by atoms with van der Waals surface area (Å²) in [6.07, 6.45) is 4.53. The Hall–Kier alpha value is -0.950. The largest absolute Gasteiger partial charge is 0.461 e. The van der Waals surface area contributed by atoms with Crippen LogP contribution in [-0.2, 0) is 9.53 Å². The van der Waals surface area contributed by atoms with Gasteiger partial charge in [0.15, 0.2) is 0 Å². The second-order valence-electron chi connectivity index (χ2n) is 9.16. The molecule has 4 aliphatic rings. The quantitative estimate of drug-likeness (QED) is 0.559. The lowest BCUT2D eigenvalue weighted by Gasteiger charge is -2.52. The van der Waals surface area contributed by atoms with Gasteiger partial charge < -0.3 is 14.9 Å². The smallest absolute Gasteiger partial charge is 0.311 e. The van der Waals surface area contributed by atoms with E-state index in [4.69, 9.17) is 9.84 Å². The lowest BCUT2D eigenvalue weighted by atomic mass is 9.55. The molecule has 2 heterocycles. The molecule has 1 saturated carbocycles. The van der Waals surface area contributed by atoms with Gasteiger partial charge in [0, 0.05) is 57.0 Å². The van der Waals surface area contributed by atoms with Gasteiger partial charge in [0.1, 0.15) is 6.10 Å². The summed E-state index contributed by atoms with van der Waals surface area (Å²) in [5.74, 6) is -0.0401. The van der Waals surface area contributed by atoms with Crippen LogP contribution in [0.4, 0.5) is 0 Å². The number of hydrogen-bond acceptors (Lipinski definition) is 6. The number of hydrogen-bond donors (Lipinski definition) is 2. The third-order valence-electron chi connectivity index (χ3n) is 7.91. The molecule has 6 atom stereocenters. The molecule has 0 bridgehead atoms. The van der Waals surface area contributed by atoms with Crippen LogP contribution in [0.1, 0.15) is 33.1 Å². The maximum atomic E-state index is 12.7. The standard InChI is InChI=1S/C21H34N2O4/c1-14-4-3-5-15-12-17-18(19(25)21(14,15)2)16(20(26)27-17)13-23-8-6-22(7-9-23)10-11-24/h5,14,16-19,24-25H,3-4,6-13H2,1-2H3/t14?,16?,17-,18-,19?,21-/m1/s1. The first-order valence-corrected chi connectivity index (χ1v) is 10.6. The number of carbonyl (C=O) groups is 1. The molecular weight excluding hydrogens is 344 g/mol. The lowest BCUT2D eigenvalue weighted by Crippen LogP contribution is -2.55. The fourth-order valence-electron chi connectivity index (χ4n) is 5.89. The molecule has 27 heavy (non-hydrogen) atoms. The van der Waals surface area contributed by atoms with Crippen molar-refractivity contribution in [1.82, 2.24) is 9.80 Å². The summed E-state index contributed by atoms with van der Waals surface area (Å²) in [6, 6.07) is 0. The number of aliphatic hydroxyl groups excluding tert-OH is 2. The van der Waals surface area contributed by atoms with Crippen molar-refractivity contribution in [1.29, 1.82) is 0 Å². The van der Waals surface area contributed by atoms with E-state index in [0.717, 1.165) is 45.4 Å². The molecule has 2 N–H and O–H groups in total. The Morgan fingerprint density at radius 1 is 1.26 bits per heavy atom. The Morgan fingerprint density at radius 2 is 1.96 bits per heavy atom. The number of piperazine rings is 1. The molecule has 3 unspecified atom stereocenters. The van der Waals surface area contributed by atoms with Crippen LogP contribution in [0.3, 0.4) is 0 Å². The van der Waals surface area contributed by atoms with Gasteiger partial charge in [-0.15, -0.1) is 0 Å². The number of rotatable bonds is 4. The normalized spacial score (nSPS) is 43.0. The van der Waals surface area contributed by atoms with Crippen LogP contribution in [0.15, 0.2) is 11.6 Å². The van der Waals surface area contributed by atoms with Gasteiger partial charge in [0.05, 0.1) is 18.6 Å². The molecule has 2 aliphatic heterocycles. The van der Waals surface area contributed by atoms with E-state index in [1.807, 2.05) is 0 Å². The first-order chi connectivity index (χ1) is 12.9. The number of β-amino-alcohol motifs (C(OH)–C–C–N with tert-alkyl or cyclic N) is 1. The molecule has 2 saturated heterocycles. The topological polar surface area (TPSA) is 73.2 Å². The zero-order chi connectivity index (χ0) is 19.2. The first kappa shape index (κ1) is 19.4. The highest BCUT2D eigenvalue weighted by atomic mass is 16.6. The third-order valence-corrected chi connectivity index (χ3v) is 7.91. The van der Waals surface area contributed by atoms with Crippen LogP contribution in [0, 0.1) is 23.2 Å². The van der Waals surface area contributed by atoms with Gasteiger partial charge in [-0.25, -0.2) is 0 Å². The van der Waals surface area contributed by atoms with Crippen LogP contribution < -0.4 is 0 Å². The third kappa shape index (κ3) is 3.24. The summed E-state index contributed by atoms with van der Waals surface area (Å²) in [6.45, 7) is 9.65. The average molecular weight is 379 g/mol. The number of nitrogens with zero attached hydrogens (tertiary/aromatic N) is 2. The van der Waals surface area contributed by atoms with Crippen molar-refractivity contribution in [2.75, 3.05) is 45.9 Å². The van der Waals surface area contributed by atoms with E-state index in [2.05, 4.69) is 29.7 Å². The van der Waals surface area contributed by atoms with Gasteiger partial charge in [-0.3, -0.25) is 14.6 Å². The van der Waals surface area contributed by atoms with Crippen molar-refractivity contribution in [2.24, 2.45) is 23.2 Å². The van der Waals surface area contributed by atoms with Crippen molar-refractivity contribution in [3.8, 4) is 0 Å². The second kappa shape index (κ2) is 7.47. The van der Waals surface area contributed by atoms with E-state index >= 15 is 0 Å². The van der Waals surface area contributed by atoms with Crippen LogP contribution in [0.2, 0.25) is 0 Å². The van der Waals surface area contributed by atoms with Gasteiger partial charge in [-0.2, -0.15) is 0 Å². The van der Waals surface area contributed by atoms with Gasteiger partial charge in [-0.05, 0) is 18.8 Å². The molecule has 0 aromatic heterocycles. The molecule has 6 nitrogen and oxygen atoms in total. The Balaban J connectivity index is 1.48. The van der Waals surface area contributed by atoms with E-state index in [1.165, 1.54) is 5.57 Å². The minimum atomic E-state index is -0.523. The monoisotopic (exact) mass is 378 g/mol. The summed E-state index contributed by atoms with van der Waals surface area (Å²) >= 11 is 0. The first-order valence-electron chi connectivity index (χ1n) is 10.6. The van der Waals surface area contributed by atoms with E-state index < -0.39 is 6.10 Å². The van der Waals surface area contributed by atoms with Crippen molar-refractivity contribution in [3.63, 3.8) is 0 Å². The van der Waals surface area contributed by atoms with Crippen molar-refractivity contribution in [3.05, 3.63) is 11.6 Å². The Labute approximate surface area is 162 Å². The van der Waals surface area contributed by atoms with E-state index in [-0.39, 0.29) is 35.9 Å². The Morgan fingerprint density at radius 3 is 2.67 bits per heavy atom. The fourth-order valence-corrected chi connectivity index (χ4v) is 5.89. The molecular formula is C21H34N2O4. The molecule has 6 heteroatoms. The maximum Gasteiger partial charge on any atom is 0.311 e. The highest BCUT2D eigenvalue weighted by molar-refractivity contribution is 5.76. The van der Waals surface area contributed by atoms with Gasteiger partial charge >= 0.3 is 5.97 Å². The summed E-state index contributed by atoms with van der Waals surface area (Å²) in [4.78, 5) is 17.3. The zero-order valence-corrected chi connectivity index (χ0v) is 16.6. The average Bonchev–Trinajstić information content (AvgIpc) is 2.95. The van der Waals surface area contributed by atoms with E-state index in [1.54, 1.807) is 0 Å². The summed E-state index contributed by atoms with van der Waals surface area (Å²) in [7, 11) is 0. The predicted molar refractivity (Wildman–Crippen MR) is 102 cm³/mol. The number of carbonyl (C=O) groups excluding carboxylic acids is 1. The lowest BCUT2D eigenvalue weighted by molar-refractivity contribution is -0.145. The van der Waals surface area contributed by atoms with Crippen LogP contribution in [0.25, 0.3) is 0 Å². The Kier molecular flexibility index (Phi) is 5.36. The number of aliphatic hydroxyl groups is 2. The van der Waals surface area contributed by atoms with Gasteiger partial charge in [-0.1, -0.05) is 25.5 Å². The van der Waals surface area contributed by atoms with Crippen molar-refractivity contribution < 1.29 is 19.7 Å². The van der Waals surface area contributed by atoms with Crippen LogP contribution in [-0.4, -0.2) is 84.1 Å². The molecule has 152 valence electrons. The molecule has 2 aliphatic carbocycles. The predicted octanol–water partition coefficient (Wildman–Crippen LogP) is 0.881. The number of fused-ring (bicyclic) bond motifs is 2. The minimum absolute atomic E-state index is 0.101. The van der Waals surface area contributed by atoms with E-state index in [0.29, 0.717) is 19.0 Å². The highest BCUT2D eigenvalue weighted by Gasteiger charge is 2.59. The minimum Gasteiger partial charge on any atom is -0.461 e. The van der Waals surface area contributed by atoms with Crippen LogP contribution in [0.5, 0.6) is 0 Å². The van der Waals surface area contributed by atoms with Gasteiger partial charge in [0.25, 0.3) is 0 Å². The molecule has 0 aromatic rings. The SMILES string of the molecule is CC1CCC=C2C[C@H]3OC(=O)C(CN4CCN(CCO)CC4)[C@H]3C(O)[C@@]21C. The van der Waals surface area contributed by atoms with E-state index in [9.17, 15) is 9.90 Å². The van der Waals surface area contributed by atoms with Crippen LogP contribution >= 0.6 is 0 Å². The molecule has 3 fully saturated rings. The fraction of sp³-hybridized carbons (Fsp3) is 0.857. The zero-order valence-electron chi connectivity index (χ0n) is 16.6. The number of esters is 1. The molecule has 0 radical (unpaired) electrons. The summed E-state index contributed by atoms with van der Waals surface area (Å²) in [5, 5.41) is 20.5. The van der Waals surface area contributed by atoms with Gasteiger partial charge in [0.2, 0.25) is 0 Å². The number of ether oxygens (including phenoxy) is 1. The summed E-state index contributed by atoms with van der Waals surface area (Å²) < 4.78 is 5.77. The van der Waals surface area contributed by atoms with Crippen molar-refractivity contribution in [2.45, 2.75) is 45.3 Å². The maximum absolute atomic E-state index is 12.7. The number of allylic oxidation sites excluding steroid dienone is 1. The van der Waals surface area contributed by atoms with Crippen molar-refractivity contribution >= 4 is 5.97 Å². The summed E-state index contributed by atoms with van der Waals surface area (Å²) in [5.41, 5.74) is 1.06. The Bertz CT molecular complexity index is 601. The molecule has 0 spiro atoms. The second-order valence-corrected chi connectivity index (χ2v) is 9.16. The molecule has 0 amide bonds. The molecule has 4 rings (SSSR count).